The average Bonchev–Trinajstić information content (AvgIpc) is 3.17. The summed E-state index contributed by atoms with van der Waals surface area (Å²) < 4.78 is 5.21. The molecule has 0 radical (unpaired) electrons. The lowest BCUT2D eigenvalue weighted by atomic mass is 10.1. The smallest absolute Gasteiger partial charge is 0.276 e. The summed E-state index contributed by atoms with van der Waals surface area (Å²) in [5, 5.41) is 13.7. The lowest BCUT2D eigenvalue weighted by molar-refractivity contribution is 0.414. The van der Waals surface area contributed by atoms with Crippen LogP contribution in [0.3, 0.4) is 0 Å². The van der Waals surface area contributed by atoms with Crippen LogP contribution in [0.25, 0.3) is 33.3 Å². The van der Waals surface area contributed by atoms with Gasteiger partial charge < -0.3 is 14.7 Å². The number of fused-ring (bicyclic) bond motifs is 2. The van der Waals surface area contributed by atoms with Gasteiger partial charge in [0.05, 0.1) is 29.4 Å². The first kappa shape index (κ1) is 13.5. The molecular formula is C16H10N4O2S. The highest BCUT2D eigenvalue weighted by Crippen LogP contribution is 2.28. The number of H-pyrrole nitrogens is 2. The normalized spacial score (nSPS) is 11.0. The standard InChI is InChI=1S/C16H10N4O2S/c1-22-14-4-10-8(2-9(14)5-17)3-11(18-10)15-16(21)20-13-7-23-6-12(13)19-15/h2-4,6-7,18H,1H3,(H,20,21). The van der Waals surface area contributed by atoms with E-state index in [4.69, 9.17) is 10.00 Å². The van der Waals surface area contributed by atoms with Crippen molar-refractivity contribution in [2.45, 2.75) is 0 Å². The van der Waals surface area contributed by atoms with Crippen molar-refractivity contribution in [1.29, 1.82) is 5.26 Å². The molecule has 0 aliphatic carbocycles. The van der Waals surface area contributed by atoms with Gasteiger partial charge in [-0.25, -0.2) is 4.98 Å². The lowest BCUT2D eigenvalue weighted by Gasteiger charge is -2.01. The molecule has 112 valence electrons. The number of hydrogen-bond donors (Lipinski definition) is 2. The average molecular weight is 322 g/mol. The van der Waals surface area contributed by atoms with E-state index in [0.29, 0.717) is 22.7 Å². The van der Waals surface area contributed by atoms with Crippen molar-refractivity contribution >= 4 is 33.3 Å². The number of aromatic amines is 2. The van der Waals surface area contributed by atoms with E-state index in [9.17, 15) is 4.79 Å². The fourth-order valence-corrected chi connectivity index (χ4v) is 3.24. The quantitative estimate of drug-likeness (QED) is 0.593. The molecule has 0 bridgehead atoms. The van der Waals surface area contributed by atoms with Gasteiger partial charge in [0.15, 0.2) is 5.69 Å². The Kier molecular flexibility index (Phi) is 2.93. The number of hydrogen-bond acceptors (Lipinski definition) is 5. The van der Waals surface area contributed by atoms with Crippen LogP contribution in [0, 0.1) is 11.3 Å². The summed E-state index contributed by atoms with van der Waals surface area (Å²) in [6.07, 6.45) is 0. The number of nitrogens with zero attached hydrogens (tertiary/aromatic N) is 2. The molecule has 4 rings (SSSR count). The fourth-order valence-electron chi connectivity index (χ4n) is 2.55. The predicted molar refractivity (Wildman–Crippen MR) is 88.8 cm³/mol. The second kappa shape index (κ2) is 4.97. The summed E-state index contributed by atoms with van der Waals surface area (Å²) in [5.41, 5.74) is 3.38. The first-order valence-electron chi connectivity index (χ1n) is 6.77. The Labute approximate surface area is 134 Å². The topological polar surface area (TPSA) is 94.6 Å². The number of nitriles is 1. The third kappa shape index (κ3) is 2.08. The van der Waals surface area contributed by atoms with Crippen LogP contribution >= 0.6 is 11.3 Å². The summed E-state index contributed by atoms with van der Waals surface area (Å²) in [6.45, 7) is 0. The van der Waals surface area contributed by atoms with Crippen LogP contribution in [0.15, 0.2) is 33.8 Å². The molecule has 0 amide bonds. The molecule has 3 aromatic heterocycles. The maximum absolute atomic E-state index is 12.2. The first-order chi connectivity index (χ1) is 11.2. The van der Waals surface area contributed by atoms with Gasteiger partial charge in [-0.05, 0) is 12.1 Å². The van der Waals surface area contributed by atoms with Crippen LogP contribution in [-0.4, -0.2) is 22.1 Å². The van der Waals surface area contributed by atoms with Gasteiger partial charge in [0.2, 0.25) is 0 Å². The van der Waals surface area contributed by atoms with E-state index < -0.39 is 0 Å². The molecule has 0 aliphatic heterocycles. The molecule has 0 atom stereocenters. The van der Waals surface area contributed by atoms with Crippen LogP contribution in [0.2, 0.25) is 0 Å². The Bertz CT molecular complexity index is 1150. The van der Waals surface area contributed by atoms with Crippen LogP contribution in [0.1, 0.15) is 5.56 Å². The van der Waals surface area contributed by atoms with Gasteiger partial charge in [-0.3, -0.25) is 4.79 Å². The Hall–Kier alpha value is -3.11. The van der Waals surface area contributed by atoms with Crippen molar-refractivity contribution in [2.75, 3.05) is 7.11 Å². The number of benzene rings is 1. The summed E-state index contributed by atoms with van der Waals surface area (Å²) in [7, 11) is 1.52. The Morgan fingerprint density at radius 3 is 2.87 bits per heavy atom. The van der Waals surface area contributed by atoms with Crippen molar-refractivity contribution in [3.8, 4) is 23.2 Å². The van der Waals surface area contributed by atoms with Gasteiger partial charge >= 0.3 is 0 Å². The molecule has 0 aliphatic rings. The van der Waals surface area contributed by atoms with E-state index in [-0.39, 0.29) is 5.56 Å². The maximum Gasteiger partial charge on any atom is 0.276 e. The minimum absolute atomic E-state index is 0.255. The first-order valence-corrected chi connectivity index (χ1v) is 7.71. The lowest BCUT2D eigenvalue weighted by Crippen LogP contribution is -2.10. The van der Waals surface area contributed by atoms with Crippen molar-refractivity contribution in [2.24, 2.45) is 0 Å². The zero-order valence-electron chi connectivity index (χ0n) is 12.0. The SMILES string of the molecule is COc1cc2[nH]c(-c3nc4cscc4[nH]c3=O)cc2cc1C#N. The maximum atomic E-state index is 12.2. The third-order valence-electron chi connectivity index (χ3n) is 3.65. The predicted octanol–water partition coefficient (Wildman–Crippen LogP) is 3.01. The number of nitrogens with one attached hydrogen (secondary N) is 2. The van der Waals surface area contributed by atoms with Gasteiger partial charge in [-0.15, -0.1) is 11.3 Å². The van der Waals surface area contributed by atoms with Crippen molar-refractivity contribution < 1.29 is 4.74 Å². The largest absolute Gasteiger partial charge is 0.495 e. The molecule has 0 fully saturated rings. The van der Waals surface area contributed by atoms with E-state index in [1.165, 1.54) is 18.4 Å². The molecule has 4 aromatic rings. The number of ether oxygens (including phenoxy) is 1. The summed E-state index contributed by atoms with van der Waals surface area (Å²) in [4.78, 5) is 22.7. The number of aromatic nitrogens is 3. The van der Waals surface area contributed by atoms with Gasteiger partial charge in [0, 0.05) is 27.7 Å². The Balaban J connectivity index is 1.96. The van der Waals surface area contributed by atoms with Gasteiger partial charge in [0.1, 0.15) is 11.8 Å². The Morgan fingerprint density at radius 1 is 1.22 bits per heavy atom. The fraction of sp³-hybridized carbons (Fsp3) is 0.0625. The van der Waals surface area contributed by atoms with Crippen LogP contribution in [-0.2, 0) is 0 Å². The molecule has 0 spiro atoms. The number of rotatable bonds is 2. The molecule has 23 heavy (non-hydrogen) atoms. The summed E-state index contributed by atoms with van der Waals surface area (Å²) >= 11 is 1.48. The van der Waals surface area contributed by atoms with E-state index in [0.717, 1.165) is 21.9 Å². The molecule has 1 aromatic carbocycles. The molecule has 0 unspecified atom stereocenters. The van der Waals surface area contributed by atoms with Crippen LogP contribution < -0.4 is 10.3 Å². The minimum Gasteiger partial charge on any atom is -0.495 e. The van der Waals surface area contributed by atoms with Crippen molar-refractivity contribution in [1.82, 2.24) is 15.0 Å². The highest BCUT2D eigenvalue weighted by Gasteiger charge is 2.13. The molecule has 2 N–H and O–H groups in total. The molecule has 0 saturated heterocycles. The second-order valence-corrected chi connectivity index (χ2v) is 5.76. The van der Waals surface area contributed by atoms with E-state index in [2.05, 4.69) is 21.0 Å². The molecule has 0 saturated carbocycles. The van der Waals surface area contributed by atoms with Crippen molar-refractivity contribution in [3.63, 3.8) is 0 Å². The highest BCUT2D eigenvalue weighted by atomic mass is 32.1. The molecule has 6 nitrogen and oxygen atoms in total. The summed E-state index contributed by atoms with van der Waals surface area (Å²) in [5.74, 6) is 0.489. The van der Waals surface area contributed by atoms with E-state index in [1.54, 1.807) is 12.1 Å². The molecule has 7 heteroatoms. The summed E-state index contributed by atoms with van der Waals surface area (Å²) in [6, 6.07) is 7.38. The van der Waals surface area contributed by atoms with Gasteiger partial charge in [0.25, 0.3) is 5.56 Å². The van der Waals surface area contributed by atoms with E-state index in [1.807, 2.05) is 16.8 Å². The molecule has 3 heterocycles. The minimum atomic E-state index is -0.255. The van der Waals surface area contributed by atoms with Crippen LogP contribution in [0.4, 0.5) is 0 Å². The second-order valence-electron chi connectivity index (χ2n) is 5.02. The number of methoxy groups -OCH3 is 1. The zero-order valence-corrected chi connectivity index (χ0v) is 12.8. The van der Waals surface area contributed by atoms with Gasteiger partial charge in [-0.1, -0.05) is 0 Å². The van der Waals surface area contributed by atoms with Gasteiger partial charge in [-0.2, -0.15) is 5.26 Å². The van der Waals surface area contributed by atoms with E-state index >= 15 is 0 Å². The van der Waals surface area contributed by atoms with Crippen LogP contribution in [0.5, 0.6) is 5.75 Å². The zero-order chi connectivity index (χ0) is 16.0. The highest BCUT2D eigenvalue weighted by molar-refractivity contribution is 7.09. The molecular weight excluding hydrogens is 312 g/mol. The monoisotopic (exact) mass is 322 g/mol. The Morgan fingerprint density at radius 2 is 2.09 bits per heavy atom. The number of thiophene rings is 1. The van der Waals surface area contributed by atoms with Crippen molar-refractivity contribution in [3.05, 3.63) is 44.9 Å². The third-order valence-corrected chi connectivity index (χ3v) is 4.38.